The number of anilines is 1. The van der Waals surface area contributed by atoms with Crippen LogP contribution in [0.2, 0.25) is 0 Å². The Kier molecular flexibility index (Phi) is 6.67. The summed E-state index contributed by atoms with van der Waals surface area (Å²) in [4.78, 5) is 20.0. The summed E-state index contributed by atoms with van der Waals surface area (Å²) in [6.45, 7) is 7.64. The second-order valence-electron chi connectivity index (χ2n) is 7.70. The zero-order valence-electron chi connectivity index (χ0n) is 18.1. The first-order chi connectivity index (χ1) is 15.2. The fourth-order valence-electron chi connectivity index (χ4n) is 3.52. The molecule has 4 rings (SSSR count). The van der Waals surface area contributed by atoms with E-state index in [4.69, 9.17) is 9.15 Å². The molecule has 0 spiro atoms. The Balaban J connectivity index is 1.51. The number of ether oxygens (including phenoxy) is 1. The van der Waals surface area contributed by atoms with Gasteiger partial charge in [-0.3, -0.25) is 4.79 Å². The van der Waals surface area contributed by atoms with Gasteiger partial charge in [-0.25, -0.2) is 4.98 Å². The number of carbonyl (C=O) groups excluding carboxylic acids is 1. The van der Waals surface area contributed by atoms with E-state index in [2.05, 4.69) is 29.0 Å². The maximum absolute atomic E-state index is 13.1. The van der Waals surface area contributed by atoms with Crippen LogP contribution in [-0.2, 0) is 0 Å². The van der Waals surface area contributed by atoms with Gasteiger partial charge in [0, 0.05) is 18.0 Å². The van der Waals surface area contributed by atoms with Crippen LogP contribution in [0.3, 0.4) is 0 Å². The van der Waals surface area contributed by atoms with Crippen molar-refractivity contribution in [3.8, 4) is 17.2 Å². The molecule has 1 aromatic heterocycles. The van der Waals surface area contributed by atoms with Gasteiger partial charge in [-0.1, -0.05) is 44.2 Å². The van der Waals surface area contributed by atoms with Crippen molar-refractivity contribution in [3.63, 3.8) is 0 Å². The van der Waals surface area contributed by atoms with Gasteiger partial charge >= 0.3 is 0 Å². The molecular formula is C25H29N3O3. The predicted octanol–water partition coefficient (Wildman–Crippen LogP) is 5.19. The lowest BCUT2D eigenvalue weighted by Crippen LogP contribution is -2.28. The van der Waals surface area contributed by atoms with E-state index >= 15 is 0 Å². The molecule has 1 fully saturated rings. The molecule has 1 amide bonds. The standard InChI is InChI=1S/C25H29N3O3/c1-3-28(4-2)16-17-30-21-13-9-8-12-20(21)26-24(29)22-23(18-14-15-18)31-25(27-22)19-10-6-5-7-11-19/h5-13,18H,3-4,14-17H2,1-2H3,(H,26,29). The van der Waals surface area contributed by atoms with Crippen LogP contribution in [-0.4, -0.2) is 42.0 Å². The number of nitrogens with zero attached hydrogens (tertiary/aromatic N) is 2. The second kappa shape index (κ2) is 9.79. The van der Waals surface area contributed by atoms with Gasteiger partial charge in [0.15, 0.2) is 5.69 Å². The summed E-state index contributed by atoms with van der Waals surface area (Å²) in [6, 6.07) is 17.2. The summed E-state index contributed by atoms with van der Waals surface area (Å²) in [7, 11) is 0. The Morgan fingerprint density at radius 3 is 2.52 bits per heavy atom. The summed E-state index contributed by atoms with van der Waals surface area (Å²) >= 11 is 0. The van der Waals surface area contributed by atoms with E-state index in [1.54, 1.807) is 0 Å². The lowest BCUT2D eigenvalue weighted by Gasteiger charge is -2.19. The van der Waals surface area contributed by atoms with E-state index < -0.39 is 0 Å². The van der Waals surface area contributed by atoms with E-state index in [0.717, 1.165) is 38.0 Å². The smallest absolute Gasteiger partial charge is 0.278 e. The number of oxazole rings is 1. The molecule has 6 heteroatoms. The fraction of sp³-hybridized carbons (Fsp3) is 0.360. The van der Waals surface area contributed by atoms with E-state index in [1.807, 2.05) is 54.6 Å². The lowest BCUT2D eigenvalue weighted by molar-refractivity contribution is 0.102. The van der Waals surface area contributed by atoms with Gasteiger partial charge in [0.2, 0.25) is 5.89 Å². The monoisotopic (exact) mass is 419 g/mol. The number of hydrogen-bond donors (Lipinski definition) is 1. The van der Waals surface area contributed by atoms with Gasteiger partial charge in [-0.15, -0.1) is 0 Å². The zero-order valence-corrected chi connectivity index (χ0v) is 18.1. The van der Waals surface area contributed by atoms with E-state index in [0.29, 0.717) is 35.4 Å². The van der Waals surface area contributed by atoms with Gasteiger partial charge in [0.1, 0.15) is 18.1 Å². The largest absolute Gasteiger partial charge is 0.490 e. The van der Waals surface area contributed by atoms with Crippen LogP contribution in [0.5, 0.6) is 5.75 Å². The maximum Gasteiger partial charge on any atom is 0.278 e. The number of carbonyl (C=O) groups is 1. The van der Waals surface area contributed by atoms with Crippen molar-refractivity contribution in [1.29, 1.82) is 0 Å². The number of aromatic nitrogens is 1. The average Bonchev–Trinajstić information content (AvgIpc) is 3.56. The Morgan fingerprint density at radius 2 is 1.81 bits per heavy atom. The SMILES string of the molecule is CCN(CC)CCOc1ccccc1NC(=O)c1nc(-c2ccccc2)oc1C1CC1. The number of nitrogens with one attached hydrogen (secondary N) is 1. The minimum absolute atomic E-state index is 0.270. The summed E-state index contributed by atoms with van der Waals surface area (Å²) < 4.78 is 12.0. The highest BCUT2D eigenvalue weighted by Crippen LogP contribution is 2.43. The maximum atomic E-state index is 13.1. The van der Waals surface area contributed by atoms with Gasteiger partial charge in [-0.05, 0) is 50.2 Å². The van der Waals surface area contributed by atoms with Crippen molar-refractivity contribution >= 4 is 11.6 Å². The van der Waals surface area contributed by atoms with Crippen LogP contribution in [0.25, 0.3) is 11.5 Å². The number of amides is 1. The van der Waals surface area contributed by atoms with Crippen molar-refractivity contribution in [2.24, 2.45) is 0 Å². The van der Waals surface area contributed by atoms with Gasteiger partial charge in [-0.2, -0.15) is 0 Å². The van der Waals surface area contributed by atoms with E-state index in [9.17, 15) is 4.79 Å². The molecule has 2 aromatic carbocycles. The molecule has 3 aromatic rings. The molecule has 0 aliphatic heterocycles. The van der Waals surface area contributed by atoms with Crippen LogP contribution in [0.1, 0.15) is 48.9 Å². The van der Waals surface area contributed by atoms with Crippen LogP contribution in [0.15, 0.2) is 59.0 Å². The molecule has 1 saturated carbocycles. The topological polar surface area (TPSA) is 67.6 Å². The molecule has 0 atom stereocenters. The fourth-order valence-corrected chi connectivity index (χ4v) is 3.52. The lowest BCUT2D eigenvalue weighted by atomic mass is 10.2. The minimum Gasteiger partial charge on any atom is -0.490 e. The van der Waals surface area contributed by atoms with Crippen LogP contribution >= 0.6 is 0 Å². The summed E-state index contributed by atoms with van der Waals surface area (Å²) in [5.41, 5.74) is 1.86. The van der Waals surface area contributed by atoms with E-state index in [-0.39, 0.29) is 11.8 Å². The molecule has 6 nitrogen and oxygen atoms in total. The molecule has 1 N–H and O–H groups in total. The van der Waals surface area contributed by atoms with Crippen molar-refractivity contribution in [1.82, 2.24) is 9.88 Å². The molecule has 1 aliphatic rings. The summed E-state index contributed by atoms with van der Waals surface area (Å²) in [5.74, 6) is 1.81. The molecular weight excluding hydrogens is 390 g/mol. The minimum atomic E-state index is -0.271. The van der Waals surface area contributed by atoms with Crippen molar-refractivity contribution < 1.29 is 13.9 Å². The molecule has 1 heterocycles. The molecule has 0 bridgehead atoms. The Morgan fingerprint density at radius 1 is 1.10 bits per heavy atom. The summed E-state index contributed by atoms with van der Waals surface area (Å²) in [5, 5.41) is 2.98. The number of para-hydroxylation sites is 2. The van der Waals surface area contributed by atoms with Gasteiger partial charge in [0.25, 0.3) is 5.91 Å². The Labute approximate surface area is 183 Å². The highest BCUT2D eigenvalue weighted by Gasteiger charge is 2.34. The average molecular weight is 420 g/mol. The third kappa shape index (κ3) is 5.14. The molecule has 0 saturated heterocycles. The first-order valence-corrected chi connectivity index (χ1v) is 11.0. The first-order valence-electron chi connectivity index (χ1n) is 11.0. The second-order valence-corrected chi connectivity index (χ2v) is 7.70. The highest BCUT2D eigenvalue weighted by molar-refractivity contribution is 6.04. The van der Waals surface area contributed by atoms with E-state index in [1.165, 1.54) is 0 Å². The number of rotatable bonds is 10. The third-order valence-corrected chi connectivity index (χ3v) is 5.53. The van der Waals surface area contributed by atoms with Crippen LogP contribution in [0.4, 0.5) is 5.69 Å². The van der Waals surface area contributed by atoms with Gasteiger partial charge < -0.3 is 19.4 Å². The predicted molar refractivity (Wildman–Crippen MR) is 122 cm³/mol. The summed E-state index contributed by atoms with van der Waals surface area (Å²) in [6.07, 6.45) is 2.05. The van der Waals surface area contributed by atoms with Crippen LogP contribution in [0, 0.1) is 0 Å². The van der Waals surface area contributed by atoms with Crippen molar-refractivity contribution in [2.45, 2.75) is 32.6 Å². The number of likely N-dealkylation sites (N-methyl/N-ethyl adjacent to an activating group) is 1. The molecule has 162 valence electrons. The quantitative estimate of drug-likeness (QED) is 0.490. The molecule has 0 unspecified atom stereocenters. The van der Waals surface area contributed by atoms with Crippen molar-refractivity contribution in [2.75, 3.05) is 31.6 Å². The third-order valence-electron chi connectivity index (χ3n) is 5.53. The molecule has 31 heavy (non-hydrogen) atoms. The zero-order chi connectivity index (χ0) is 21.6. The Bertz CT molecular complexity index is 1010. The normalized spacial score (nSPS) is 13.4. The highest BCUT2D eigenvalue weighted by atomic mass is 16.5. The first kappa shape index (κ1) is 21.1. The van der Waals surface area contributed by atoms with Crippen LogP contribution < -0.4 is 10.1 Å². The molecule has 1 aliphatic carbocycles. The number of hydrogen-bond acceptors (Lipinski definition) is 5. The van der Waals surface area contributed by atoms with Gasteiger partial charge in [0.05, 0.1) is 5.69 Å². The Hall–Kier alpha value is -3.12. The molecule has 0 radical (unpaired) electrons. The number of benzene rings is 2. The van der Waals surface area contributed by atoms with Crippen molar-refractivity contribution in [3.05, 3.63) is 66.1 Å².